The van der Waals surface area contributed by atoms with Crippen molar-refractivity contribution in [3.63, 3.8) is 0 Å². The molecule has 1 amide bonds. The number of rotatable bonds is 6. The molecule has 0 bridgehead atoms. The molecule has 138 valence electrons. The van der Waals surface area contributed by atoms with Crippen molar-refractivity contribution in [1.82, 2.24) is 15.0 Å². The number of para-hydroxylation sites is 1. The molecule has 0 radical (unpaired) electrons. The molecule has 3 aromatic rings. The Morgan fingerprint density at radius 2 is 2.00 bits per heavy atom. The number of hydrazone groups is 1. The van der Waals surface area contributed by atoms with Crippen LogP contribution in [-0.2, 0) is 11.8 Å². The van der Waals surface area contributed by atoms with Crippen molar-refractivity contribution in [2.45, 2.75) is 5.16 Å². The lowest BCUT2D eigenvalue weighted by Gasteiger charge is -2.08. The van der Waals surface area contributed by atoms with E-state index in [0.29, 0.717) is 16.1 Å². The van der Waals surface area contributed by atoms with Crippen molar-refractivity contribution >= 4 is 34.8 Å². The van der Waals surface area contributed by atoms with E-state index in [9.17, 15) is 9.59 Å². The van der Waals surface area contributed by atoms with Gasteiger partial charge in [0.05, 0.1) is 30.0 Å². The number of nitrogens with zero attached hydrogens (tertiary/aromatic N) is 3. The first-order chi connectivity index (χ1) is 13.1. The third-order valence-electron chi connectivity index (χ3n) is 3.79. The van der Waals surface area contributed by atoms with Crippen LogP contribution in [0.2, 0.25) is 0 Å². The van der Waals surface area contributed by atoms with Crippen LogP contribution < -0.4 is 15.7 Å². The molecule has 0 aliphatic heterocycles. The molecule has 0 unspecified atom stereocenters. The van der Waals surface area contributed by atoms with Crippen molar-refractivity contribution in [2.24, 2.45) is 12.1 Å². The monoisotopic (exact) mass is 382 g/mol. The van der Waals surface area contributed by atoms with Gasteiger partial charge in [0, 0.05) is 7.05 Å². The largest absolute Gasteiger partial charge is 0.497 e. The molecule has 27 heavy (non-hydrogen) atoms. The van der Waals surface area contributed by atoms with E-state index in [1.165, 1.54) is 16.3 Å². The quantitative estimate of drug-likeness (QED) is 0.306. The number of ether oxygens (including phenoxy) is 1. The van der Waals surface area contributed by atoms with Gasteiger partial charge in [-0.1, -0.05) is 23.9 Å². The van der Waals surface area contributed by atoms with Crippen molar-refractivity contribution < 1.29 is 9.53 Å². The highest BCUT2D eigenvalue weighted by Gasteiger charge is 2.10. The fourth-order valence-corrected chi connectivity index (χ4v) is 3.12. The van der Waals surface area contributed by atoms with Crippen LogP contribution in [0.4, 0.5) is 0 Å². The van der Waals surface area contributed by atoms with E-state index in [2.05, 4.69) is 15.5 Å². The predicted molar refractivity (Wildman–Crippen MR) is 106 cm³/mol. The number of thioether (sulfide) groups is 1. The van der Waals surface area contributed by atoms with Crippen molar-refractivity contribution in [3.8, 4) is 5.75 Å². The van der Waals surface area contributed by atoms with Gasteiger partial charge in [-0.05, 0) is 42.0 Å². The van der Waals surface area contributed by atoms with Crippen LogP contribution >= 0.6 is 11.8 Å². The molecule has 0 aliphatic rings. The molecular weight excluding hydrogens is 364 g/mol. The zero-order chi connectivity index (χ0) is 19.2. The highest BCUT2D eigenvalue weighted by Crippen LogP contribution is 2.16. The average Bonchev–Trinajstić information content (AvgIpc) is 2.70. The third kappa shape index (κ3) is 4.53. The summed E-state index contributed by atoms with van der Waals surface area (Å²) >= 11 is 1.18. The Bertz CT molecular complexity index is 1040. The van der Waals surface area contributed by atoms with E-state index >= 15 is 0 Å². The van der Waals surface area contributed by atoms with E-state index in [0.717, 1.165) is 11.3 Å². The molecule has 7 nitrogen and oxygen atoms in total. The van der Waals surface area contributed by atoms with Gasteiger partial charge in [-0.15, -0.1) is 0 Å². The number of benzene rings is 2. The number of hydrogen-bond donors (Lipinski definition) is 1. The lowest BCUT2D eigenvalue weighted by atomic mass is 10.2. The first-order valence-electron chi connectivity index (χ1n) is 8.13. The standard InChI is InChI=1S/C19H18N4O3S/c1-23-18(25)15-5-3-4-6-16(15)21-19(23)27-12-17(24)22-20-11-13-7-9-14(26-2)10-8-13/h3-11H,12H2,1-2H3,(H,22,24). The van der Waals surface area contributed by atoms with Gasteiger partial charge in [-0.3, -0.25) is 14.2 Å². The molecule has 8 heteroatoms. The Morgan fingerprint density at radius 3 is 2.74 bits per heavy atom. The molecule has 3 rings (SSSR count). The van der Waals surface area contributed by atoms with E-state index in [1.807, 2.05) is 30.3 Å². The Labute approximate surface area is 160 Å². The highest BCUT2D eigenvalue weighted by molar-refractivity contribution is 7.99. The SMILES string of the molecule is COc1ccc(C=NNC(=O)CSc2nc3ccccc3c(=O)n2C)cc1. The number of aromatic nitrogens is 2. The van der Waals surface area contributed by atoms with E-state index in [-0.39, 0.29) is 17.2 Å². The molecule has 0 saturated carbocycles. The van der Waals surface area contributed by atoms with Gasteiger partial charge in [-0.2, -0.15) is 5.10 Å². The number of hydrogen-bond acceptors (Lipinski definition) is 6. The third-order valence-corrected chi connectivity index (χ3v) is 4.82. The molecule has 1 aromatic heterocycles. The normalized spacial score (nSPS) is 11.0. The predicted octanol–water partition coefficient (Wildman–Crippen LogP) is 2.18. The van der Waals surface area contributed by atoms with E-state index in [4.69, 9.17) is 4.74 Å². The summed E-state index contributed by atoms with van der Waals surface area (Å²) in [6.45, 7) is 0. The Hall–Kier alpha value is -3.13. The van der Waals surface area contributed by atoms with Crippen LogP contribution in [0, 0.1) is 0 Å². The minimum atomic E-state index is -0.285. The molecular formula is C19H18N4O3S. The number of carbonyl (C=O) groups excluding carboxylic acids is 1. The minimum Gasteiger partial charge on any atom is -0.497 e. The molecule has 0 fully saturated rings. The second-order valence-corrected chi connectivity index (χ2v) is 6.57. The van der Waals surface area contributed by atoms with Gasteiger partial charge in [0.25, 0.3) is 11.5 Å². The Kier molecular flexibility index (Phi) is 5.87. The van der Waals surface area contributed by atoms with Crippen LogP contribution in [-0.4, -0.2) is 34.5 Å². The minimum absolute atomic E-state index is 0.0958. The maximum absolute atomic E-state index is 12.3. The van der Waals surface area contributed by atoms with Gasteiger partial charge in [0.15, 0.2) is 5.16 Å². The second-order valence-electron chi connectivity index (χ2n) is 5.63. The van der Waals surface area contributed by atoms with Gasteiger partial charge >= 0.3 is 0 Å². The molecule has 1 heterocycles. The summed E-state index contributed by atoms with van der Waals surface area (Å²) < 4.78 is 6.53. The number of amides is 1. The summed E-state index contributed by atoms with van der Waals surface area (Å²) in [5, 5.41) is 4.96. The molecule has 0 atom stereocenters. The number of carbonyl (C=O) groups is 1. The summed E-state index contributed by atoms with van der Waals surface area (Å²) in [6, 6.07) is 14.4. The lowest BCUT2D eigenvalue weighted by Crippen LogP contribution is -2.23. The average molecular weight is 382 g/mol. The van der Waals surface area contributed by atoms with Gasteiger partial charge < -0.3 is 4.74 Å². The number of fused-ring (bicyclic) bond motifs is 1. The van der Waals surface area contributed by atoms with Crippen LogP contribution in [0.5, 0.6) is 5.75 Å². The van der Waals surface area contributed by atoms with E-state index < -0.39 is 0 Å². The van der Waals surface area contributed by atoms with Crippen LogP contribution in [0.1, 0.15) is 5.56 Å². The summed E-state index contributed by atoms with van der Waals surface area (Å²) in [6.07, 6.45) is 1.55. The summed E-state index contributed by atoms with van der Waals surface area (Å²) in [7, 11) is 3.24. The molecule has 2 aromatic carbocycles. The molecule has 0 spiro atoms. The molecule has 0 saturated heterocycles. The smallest absolute Gasteiger partial charge is 0.261 e. The number of methoxy groups -OCH3 is 1. The Balaban J connectivity index is 1.60. The van der Waals surface area contributed by atoms with Crippen LogP contribution in [0.25, 0.3) is 10.9 Å². The van der Waals surface area contributed by atoms with E-state index in [1.54, 1.807) is 38.6 Å². The Morgan fingerprint density at radius 1 is 1.26 bits per heavy atom. The molecule has 1 N–H and O–H groups in total. The summed E-state index contributed by atoms with van der Waals surface area (Å²) in [5.41, 5.74) is 3.77. The lowest BCUT2D eigenvalue weighted by molar-refractivity contribution is -0.118. The first kappa shape index (κ1) is 18.7. The molecule has 0 aliphatic carbocycles. The number of nitrogens with one attached hydrogen (secondary N) is 1. The summed E-state index contributed by atoms with van der Waals surface area (Å²) in [4.78, 5) is 28.8. The maximum Gasteiger partial charge on any atom is 0.261 e. The maximum atomic E-state index is 12.3. The van der Waals surface area contributed by atoms with Gasteiger partial charge in [0.1, 0.15) is 5.75 Å². The van der Waals surface area contributed by atoms with Crippen molar-refractivity contribution in [1.29, 1.82) is 0 Å². The summed E-state index contributed by atoms with van der Waals surface area (Å²) in [5.74, 6) is 0.562. The van der Waals surface area contributed by atoms with Crippen molar-refractivity contribution in [2.75, 3.05) is 12.9 Å². The second kappa shape index (κ2) is 8.50. The zero-order valence-electron chi connectivity index (χ0n) is 14.9. The van der Waals surface area contributed by atoms with Gasteiger partial charge in [-0.25, -0.2) is 10.4 Å². The van der Waals surface area contributed by atoms with Crippen LogP contribution in [0.3, 0.4) is 0 Å². The fraction of sp³-hybridized carbons (Fsp3) is 0.158. The first-order valence-corrected chi connectivity index (χ1v) is 9.11. The topological polar surface area (TPSA) is 85.6 Å². The fourth-order valence-electron chi connectivity index (χ4n) is 2.36. The van der Waals surface area contributed by atoms with Crippen LogP contribution in [0.15, 0.2) is 63.6 Å². The highest BCUT2D eigenvalue weighted by atomic mass is 32.2. The van der Waals surface area contributed by atoms with Crippen molar-refractivity contribution in [3.05, 3.63) is 64.4 Å². The van der Waals surface area contributed by atoms with Gasteiger partial charge in [0.2, 0.25) is 0 Å². The zero-order valence-corrected chi connectivity index (χ0v) is 15.7.